The van der Waals surface area contributed by atoms with E-state index in [0.29, 0.717) is 5.41 Å². The highest BCUT2D eigenvalue weighted by atomic mass is 16.1. The highest BCUT2D eigenvalue weighted by molar-refractivity contribution is 5.60. The van der Waals surface area contributed by atoms with E-state index < -0.39 is 0 Å². The molecule has 0 heterocycles. The topological polar surface area (TPSA) is 17.1 Å². The van der Waals surface area contributed by atoms with Crippen LogP contribution in [0.3, 0.4) is 0 Å². The molecule has 0 aromatic carbocycles. The first-order valence-electron chi connectivity index (χ1n) is 3.10. The predicted molar refractivity (Wildman–Crippen MR) is 32.2 cm³/mol. The predicted octanol–water partition coefficient (Wildman–Crippen LogP) is 1.53. The maximum atomic E-state index is 10.0. The molecular formula is C7H11O. The lowest BCUT2D eigenvalue weighted by atomic mass is 10.0. The smallest absolute Gasteiger partial charge is 0.202 e. The number of rotatable bonds is 2. The first kappa shape index (κ1) is 5.80. The lowest BCUT2D eigenvalue weighted by molar-refractivity contribution is 0.497. The Morgan fingerprint density at radius 1 is 1.88 bits per heavy atom. The molecule has 1 saturated carbocycles. The molecule has 0 aromatic rings. The monoisotopic (exact) mass is 111 g/mol. The fourth-order valence-electron chi connectivity index (χ4n) is 0.982. The van der Waals surface area contributed by atoms with Crippen LogP contribution in [-0.4, -0.2) is 6.29 Å². The summed E-state index contributed by atoms with van der Waals surface area (Å²) in [5.74, 6) is 0.257. The van der Waals surface area contributed by atoms with E-state index in [9.17, 15) is 4.79 Å². The fraction of sp³-hybridized carbons (Fsp3) is 0.857. The van der Waals surface area contributed by atoms with Crippen molar-refractivity contribution in [3.05, 3.63) is 0 Å². The van der Waals surface area contributed by atoms with E-state index in [4.69, 9.17) is 0 Å². The van der Waals surface area contributed by atoms with Crippen LogP contribution in [0, 0.1) is 11.3 Å². The van der Waals surface area contributed by atoms with Gasteiger partial charge in [0.1, 0.15) is 0 Å². The Balaban J connectivity index is 2.42. The molecule has 1 fully saturated rings. The van der Waals surface area contributed by atoms with Gasteiger partial charge in [-0.1, -0.05) is 13.8 Å². The summed E-state index contributed by atoms with van der Waals surface area (Å²) < 4.78 is 0. The third kappa shape index (κ3) is 0.662. The second-order valence-electron chi connectivity index (χ2n) is 2.88. The highest BCUT2D eigenvalue weighted by Gasteiger charge is 2.48. The average molecular weight is 111 g/mol. The number of hydrogen-bond acceptors (Lipinski definition) is 1. The van der Waals surface area contributed by atoms with Crippen LogP contribution in [0.2, 0.25) is 0 Å². The molecule has 0 amide bonds. The van der Waals surface area contributed by atoms with E-state index in [1.807, 2.05) is 6.29 Å². The van der Waals surface area contributed by atoms with Crippen molar-refractivity contribution in [2.24, 2.45) is 11.3 Å². The molecule has 1 aliphatic rings. The lowest BCUT2D eigenvalue weighted by Crippen LogP contribution is -1.94. The largest absolute Gasteiger partial charge is 0.291 e. The Morgan fingerprint density at radius 3 is 2.62 bits per heavy atom. The van der Waals surface area contributed by atoms with Gasteiger partial charge in [-0.3, -0.25) is 4.79 Å². The van der Waals surface area contributed by atoms with Crippen LogP contribution in [0.15, 0.2) is 0 Å². The van der Waals surface area contributed by atoms with Crippen molar-refractivity contribution in [3.8, 4) is 0 Å². The highest BCUT2D eigenvalue weighted by Crippen LogP contribution is 2.53. The Hall–Kier alpha value is -0.330. The molecule has 1 heteroatoms. The van der Waals surface area contributed by atoms with Crippen molar-refractivity contribution >= 4 is 6.29 Å². The first-order valence-corrected chi connectivity index (χ1v) is 3.10. The van der Waals surface area contributed by atoms with Crippen molar-refractivity contribution in [3.63, 3.8) is 0 Å². The van der Waals surface area contributed by atoms with E-state index in [1.54, 1.807) is 0 Å². The van der Waals surface area contributed by atoms with Crippen molar-refractivity contribution in [1.82, 2.24) is 0 Å². The van der Waals surface area contributed by atoms with Crippen LogP contribution >= 0.6 is 0 Å². The third-order valence-corrected chi connectivity index (χ3v) is 2.30. The van der Waals surface area contributed by atoms with Crippen LogP contribution in [0.4, 0.5) is 0 Å². The minimum Gasteiger partial charge on any atom is -0.291 e. The summed E-state index contributed by atoms with van der Waals surface area (Å²) in [6.07, 6.45) is 4.21. The molecule has 0 N–H and O–H groups in total. The fourth-order valence-corrected chi connectivity index (χ4v) is 0.982. The van der Waals surface area contributed by atoms with Gasteiger partial charge in [-0.2, -0.15) is 0 Å². The molecule has 1 nitrogen and oxygen atoms in total. The van der Waals surface area contributed by atoms with E-state index >= 15 is 0 Å². The van der Waals surface area contributed by atoms with Crippen molar-refractivity contribution < 1.29 is 4.79 Å². The molecular weight excluding hydrogens is 100 g/mol. The Morgan fingerprint density at radius 2 is 2.50 bits per heavy atom. The van der Waals surface area contributed by atoms with Gasteiger partial charge < -0.3 is 0 Å². The summed E-state index contributed by atoms with van der Waals surface area (Å²) in [4.78, 5) is 10.0. The molecule has 2 atom stereocenters. The van der Waals surface area contributed by atoms with Crippen LogP contribution in [0.1, 0.15) is 26.7 Å². The molecule has 0 bridgehead atoms. The average Bonchev–Trinajstić information content (AvgIpc) is 2.44. The maximum absolute atomic E-state index is 10.0. The normalized spacial score (nSPS) is 44.0. The SMILES string of the molecule is CCC1(C)CC1[C]=O. The van der Waals surface area contributed by atoms with Gasteiger partial charge in [0.05, 0.1) is 0 Å². The zero-order chi connectivity index (χ0) is 6.20. The van der Waals surface area contributed by atoms with E-state index in [-0.39, 0.29) is 5.92 Å². The van der Waals surface area contributed by atoms with Crippen molar-refractivity contribution in [2.45, 2.75) is 26.7 Å². The molecule has 0 spiro atoms. The van der Waals surface area contributed by atoms with E-state index in [1.165, 1.54) is 0 Å². The van der Waals surface area contributed by atoms with Crippen LogP contribution in [0.25, 0.3) is 0 Å². The van der Waals surface area contributed by atoms with Gasteiger partial charge in [0.2, 0.25) is 6.29 Å². The zero-order valence-corrected chi connectivity index (χ0v) is 5.40. The second kappa shape index (κ2) is 1.57. The van der Waals surface area contributed by atoms with E-state index in [0.717, 1.165) is 12.8 Å². The number of carbonyl (C=O) groups excluding carboxylic acids is 1. The van der Waals surface area contributed by atoms with E-state index in [2.05, 4.69) is 13.8 Å². The Kier molecular flexibility index (Phi) is 1.14. The van der Waals surface area contributed by atoms with Gasteiger partial charge in [-0.25, -0.2) is 0 Å². The second-order valence-corrected chi connectivity index (χ2v) is 2.88. The Bertz CT molecular complexity index is 109. The molecule has 1 radical (unpaired) electrons. The molecule has 0 aliphatic heterocycles. The molecule has 0 saturated heterocycles. The zero-order valence-electron chi connectivity index (χ0n) is 5.40. The van der Waals surface area contributed by atoms with Crippen molar-refractivity contribution in [1.29, 1.82) is 0 Å². The summed E-state index contributed by atoms with van der Waals surface area (Å²) in [7, 11) is 0. The van der Waals surface area contributed by atoms with Crippen LogP contribution in [-0.2, 0) is 4.79 Å². The summed E-state index contributed by atoms with van der Waals surface area (Å²) in [5, 5.41) is 0. The van der Waals surface area contributed by atoms with Gasteiger partial charge in [0, 0.05) is 5.92 Å². The molecule has 8 heavy (non-hydrogen) atoms. The minimum atomic E-state index is 0.257. The molecule has 2 unspecified atom stereocenters. The number of hydrogen-bond donors (Lipinski definition) is 0. The molecule has 1 rings (SSSR count). The Labute approximate surface area is 50.1 Å². The quantitative estimate of drug-likeness (QED) is 0.528. The third-order valence-electron chi connectivity index (χ3n) is 2.30. The summed E-state index contributed by atoms with van der Waals surface area (Å²) in [6.45, 7) is 4.26. The summed E-state index contributed by atoms with van der Waals surface area (Å²) in [5.41, 5.74) is 0.335. The molecule has 0 aromatic heterocycles. The van der Waals surface area contributed by atoms with Crippen molar-refractivity contribution in [2.75, 3.05) is 0 Å². The molecule has 1 aliphatic carbocycles. The first-order chi connectivity index (χ1) is 3.73. The van der Waals surface area contributed by atoms with Gasteiger partial charge >= 0.3 is 0 Å². The summed E-state index contributed by atoms with van der Waals surface area (Å²) >= 11 is 0. The maximum Gasteiger partial charge on any atom is 0.202 e. The van der Waals surface area contributed by atoms with Gasteiger partial charge in [0.25, 0.3) is 0 Å². The standard InChI is InChI=1S/C7H11O/c1-3-7(2)4-6(7)5-8/h6H,3-4H2,1-2H3. The van der Waals surface area contributed by atoms with Crippen LogP contribution in [0.5, 0.6) is 0 Å². The summed E-state index contributed by atoms with van der Waals surface area (Å²) in [6, 6.07) is 0. The van der Waals surface area contributed by atoms with Crippen LogP contribution < -0.4 is 0 Å². The van der Waals surface area contributed by atoms with Gasteiger partial charge in [-0.15, -0.1) is 0 Å². The molecule has 45 valence electrons. The van der Waals surface area contributed by atoms with Gasteiger partial charge in [-0.05, 0) is 18.3 Å². The minimum absolute atomic E-state index is 0.257. The lowest BCUT2D eigenvalue weighted by Gasteiger charge is -1.99. The van der Waals surface area contributed by atoms with Gasteiger partial charge in [0.15, 0.2) is 0 Å².